The van der Waals surface area contributed by atoms with E-state index in [0.29, 0.717) is 42.2 Å². The molecule has 0 radical (unpaired) electrons. The van der Waals surface area contributed by atoms with Crippen LogP contribution in [0.25, 0.3) is 0 Å². The fraction of sp³-hybridized carbons (Fsp3) is 0.423. The second-order valence-electron chi connectivity index (χ2n) is 8.54. The normalized spacial score (nSPS) is 23.2. The summed E-state index contributed by atoms with van der Waals surface area (Å²) in [4.78, 5) is 38.7. The van der Waals surface area contributed by atoms with E-state index in [1.54, 1.807) is 42.5 Å². The first-order valence-corrected chi connectivity index (χ1v) is 11.4. The fourth-order valence-electron chi connectivity index (χ4n) is 4.83. The second kappa shape index (κ2) is 9.98. The molecule has 3 atom stereocenters. The number of fused-ring (bicyclic) bond motifs is 2. The van der Waals surface area contributed by atoms with E-state index < -0.39 is 18.0 Å². The van der Waals surface area contributed by atoms with Crippen LogP contribution in [-0.2, 0) is 19.1 Å². The minimum absolute atomic E-state index is 0.0536. The van der Waals surface area contributed by atoms with Crippen molar-refractivity contribution in [3.8, 4) is 5.75 Å². The maximum absolute atomic E-state index is 13.2. The Bertz CT molecular complexity index is 957. The molecule has 0 heterocycles. The van der Waals surface area contributed by atoms with Crippen molar-refractivity contribution >= 4 is 23.3 Å². The van der Waals surface area contributed by atoms with Gasteiger partial charge >= 0.3 is 5.97 Å². The number of hydrogen-bond donors (Lipinski definition) is 1. The predicted molar refractivity (Wildman–Crippen MR) is 120 cm³/mol. The first-order chi connectivity index (χ1) is 15.6. The molecule has 3 unspecified atom stereocenters. The largest absolute Gasteiger partial charge is 0.492 e. The molecule has 2 aliphatic carbocycles. The molecule has 2 bridgehead atoms. The van der Waals surface area contributed by atoms with E-state index in [-0.39, 0.29) is 17.8 Å². The first-order valence-electron chi connectivity index (χ1n) is 11.4. The molecule has 1 amide bonds. The van der Waals surface area contributed by atoms with Gasteiger partial charge in [0.05, 0.1) is 18.2 Å². The van der Waals surface area contributed by atoms with Crippen molar-refractivity contribution in [1.29, 1.82) is 0 Å². The van der Waals surface area contributed by atoms with Crippen molar-refractivity contribution in [2.24, 2.45) is 17.8 Å². The molecule has 0 spiro atoms. The molecular formula is C26H29NO5. The second-order valence-corrected chi connectivity index (χ2v) is 8.54. The van der Waals surface area contributed by atoms with Crippen molar-refractivity contribution in [1.82, 2.24) is 0 Å². The van der Waals surface area contributed by atoms with Crippen LogP contribution in [0, 0.1) is 17.8 Å². The van der Waals surface area contributed by atoms with Gasteiger partial charge in [-0.05, 0) is 44.7 Å². The Hall–Kier alpha value is -3.15. The average molecular weight is 436 g/mol. The number of anilines is 1. The van der Waals surface area contributed by atoms with Crippen molar-refractivity contribution < 1.29 is 23.9 Å². The van der Waals surface area contributed by atoms with Gasteiger partial charge in [0.2, 0.25) is 6.10 Å². The molecule has 2 saturated carbocycles. The van der Waals surface area contributed by atoms with Gasteiger partial charge in [0.15, 0.2) is 0 Å². The number of amides is 1. The van der Waals surface area contributed by atoms with E-state index >= 15 is 0 Å². The molecular weight excluding hydrogens is 406 g/mol. The van der Waals surface area contributed by atoms with E-state index in [1.165, 1.54) is 0 Å². The molecule has 2 aliphatic rings. The molecule has 2 aromatic rings. The lowest BCUT2D eigenvalue weighted by Gasteiger charge is -2.36. The zero-order chi connectivity index (χ0) is 22.5. The third-order valence-corrected chi connectivity index (χ3v) is 6.40. The van der Waals surface area contributed by atoms with Crippen molar-refractivity contribution in [3.05, 3.63) is 60.2 Å². The highest BCUT2D eigenvalue weighted by molar-refractivity contribution is 5.97. The predicted octanol–water partition coefficient (Wildman–Crippen LogP) is 4.70. The fourth-order valence-corrected chi connectivity index (χ4v) is 4.83. The van der Waals surface area contributed by atoms with Gasteiger partial charge in [0, 0.05) is 17.4 Å². The van der Waals surface area contributed by atoms with Gasteiger partial charge < -0.3 is 14.8 Å². The number of nitrogens with one attached hydrogen (secondary N) is 1. The van der Waals surface area contributed by atoms with E-state index in [2.05, 4.69) is 5.32 Å². The molecule has 0 aromatic heterocycles. The number of rotatable bonds is 7. The summed E-state index contributed by atoms with van der Waals surface area (Å²) >= 11 is 0. The number of para-hydroxylation sites is 2. The summed E-state index contributed by atoms with van der Waals surface area (Å²) in [6, 6.07) is 16.2. The first kappa shape index (κ1) is 22.1. The zero-order valence-electron chi connectivity index (χ0n) is 18.3. The SMILES string of the molecule is CCOc1ccccc1NC(=O)C(OC(=O)C1CC2CCCC(C1)C2=O)c1ccccc1. The van der Waals surface area contributed by atoms with Gasteiger partial charge in [-0.15, -0.1) is 0 Å². The van der Waals surface area contributed by atoms with Crippen LogP contribution in [0.3, 0.4) is 0 Å². The lowest BCUT2D eigenvalue weighted by atomic mass is 9.67. The van der Waals surface area contributed by atoms with E-state index in [0.717, 1.165) is 19.3 Å². The Morgan fingerprint density at radius 3 is 2.34 bits per heavy atom. The molecule has 0 saturated heterocycles. The van der Waals surface area contributed by atoms with Gasteiger partial charge in [-0.1, -0.05) is 48.9 Å². The highest BCUT2D eigenvalue weighted by Gasteiger charge is 2.42. The lowest BCUT2D eigenvalue weighted by molar-refractivity contribution is -0.162. The number of carbonyl (C=O) groups excluding carboxylic acids is 3. The van der Waals surface area contributed by atoms with E-state index in [9.17, 15) is 14.4 Å². The number of ketones is 1. The highest BCUT2D eigenvalue weighted by Crippen LogP contribution is 2.41. The van der Waals surface area contributed by atoms with Crippen molar-refractivity contribution in [2.75, 3.05) is 11.9 Å². The minimum atomic E-state index is -1.09. The molecule has 4 rings (SSSR count). The van der Waals surface area contributed by atoms with E-state index in [4.69, 9.17) is 9.47 Å². The minimum Gasteiger partial charge on any atom is -0.492 e. The van der Waals surface area contributed by atoms with Crippen LogP contribution in [0.15, 0.2) is 54.6 Å². The van der Waals surface area contributed by atoms with Crippen LogP contribution in [0.2, 0.25) is 0 Å². The standard InChI is InChI=1S/C26H29NO5/c1-2-31-22-14-7-6-13-21(22)27-25(29)24(17-9-4-3-5-10-17)32-26(30)20-15-18-11-8-12-19(16-20)23(18)28/h3-7,9-10,13-14,18-20,24H,2,8,11-12,15-16H2,1H3,(H,27,29). The average Bonchev–Trinajstić information content (AvgIpc) is 2.79. The topological polar surface area (TPSA) is 81.7 Å². The Morgan fingerprint density at radius 1 is 1.00 bits per heavy atom. The zero-order valence-corrected chi connectivity index (χ0v) is 18.3. The molecule has 2 fully saturated rings. The summed E-state index contributed by atoms with van der Waals surface area (Å²) < 4.78 is 11.4. The summed E-state index contributed by atoms with van der Waals surface area (Å²) in [6.45, 7) is 2.34. The smallest absolute Gasteiger partial charge is 0.310 e. The number of carbonyl (C=O) groups is 3. The number of esters is 1. The number of benzene rings is 2. The van der Waals surface area contributed by atoms with Gasteiger partial charge in [-0.25, -0.2) is 0 Å². The molecule has 168 valence electrons. The molecule has 1 N–H and O–H groups in total. The maximum atomic E-state index is 13.2. The Balaban J connectivity index is 1.52. The van der Waals surface area contributed by atoms with Gasteiger partial charge in [0.25, 0.3) is 5.91 Å². The van der Waals surface area contributed by atoms with Gasteiger partial charge in [-0.2, -0.15) is 0 Å². The molecule has 0 aliphatic heterocycles. The van der Waals surface area contributed by atoms with Gasteiger partial charge in [0.1, 0.15) is 11.5 Å². The summed E-state index contributed by atoms with van der Waals surface area (Å²) in [5, 5.41) is 2.85. The Labute approximate surface area is 188 Å². The lowest BCUT2D eigenvalue weighted by Crippen LogP contribution is -2.40. The number of hydrogen-bond acceptors (Lipinski definition) is 5. The molecule has 6 heteroatoms. The molecule has 32 heavy (non-hydrogen) atoms. The third kappa shape index (κ3) is 4.85. The van der Waals surface area contributed by atoms with Crippen LogP contribution < -0.4 is 10.1 Å². The summed E-state index contributed by atoms with van der Waals surface area (Å²) in [7, 11) is 0. The van der Waals surface area contributed by atoms with Crippen molar-refractivity contribution in [3.63, 3.8) is 0 Å². The number of Topliss-reactive ketones (excluding diaryl/α,β-unsaturated/α-hetero) is 1. The van der Waals surface area contributed by atoms with Gasteiger partial charge in [-0.3, -0.25) is 14.4 Å². The molecule has 6 nitrogen and oxygen atoms in total. The van der Waals surface area contributed by atoms with Crippen LogP contribution in [0.1, 0.15) is 50.7 Å². The van der Waals surface area contributed by atoms with E-state index in [1.807, 2.05) is 19.1 Å². The summed E-state index contributed by atoms with van der Waals surface area (Å²) in [5.74, 6) is -0.451. The molecule has 2 aromatic carbocycles. The van der Waals surface area contributed by atoms with Crippen molar-refractivity contribution in [2.45, 2.75) is 45.1 Å². The van der Waals surface area contributed by atoms with Crippen LogP contribution in [0.4, 0.5) is 5.69 Å². The monoisotopic (exact) mass is 435 g/mol. The number of ether oxygens (including phenoxy) is 2. The van der Waals surface area contributed by atoms with Crippen LogP contribution in [-0.4, -0.2) is 24.3 Å². The summed E-state index contributed by atoms with van der Waals surface area (Å²) in [5.41, 5.74) is 1.12. The Kier molecular flexibility index (Phi) is 6.88. The maximum Gasteiger partial charge on any atom is 0.310 e. The summed E-state index contributed by atoms with van der Waals surface area (Å²) in [6.07, 6.45) is 2.67. The van der Waals surface area contributed by atoms with Crippen LogP contribution >= 0.6 is 0 Å². The van der Waals surface area contributed by atoms with Crippen LogP contribution in [0.5, 0.6) is 5.75 Å². The highest BCUT2D eigenvalue weighted by atomic mass is 16.5. The third-order valence-electron chi connectivity index (χ3n) is 6.40. The quantitative estimate of drug-likeness (QED) is 0.638. The Morgan fingerprint density at radius 2 is 1.66 bits per heavy atom.